The van der Waals surface area contributed by atoms with E-state index in [-0.39, 0.29) is 6.04 Å². The van der Waals surface area contributed by atoms with E-state index in [9.17, 15) is 0 Å². The molecule has 0 saturated heterocycles. The molecule has 0 saturated carbocycles. The minimum Gasteiger partial charge on any atom is -0.493 e. The van der Waals surface area contributed by atoms with Crippen LogP contribution in [0.4, 0.5) is 0 Å². The summed E-state index contributed by atoms with van der Waals surface area (Å²) < 4.78 is 21.2. The quantitative estimate of drug-likeness (QED) is 0.904. The lowest BCUT2D eigenvalue weighted by Gasteiger charge is -2.14. The summed E-state index contributed by atoms with van der Waals surface area (Å²) in [7, 11) is 4.69. The number of aromatic nitrogens is 1. The average Bonchev–Trinajstić information content (AvgIpc) is 2.95. The predicted molar refractivity (Wildman–Crippen MR) is 74.2 cm³/mol. The maximum atomic E-state index is 5.77. The molecule has 0 aliphatic carbocycles. The first-order valence-corrected chi connectivity index (χ1v) is 6.13. The van der Waals surface area contributed by atoms with Crippen molar-refractivity contribution in [1.29, 1.82) is 0 Å². The summed E-state index contributed by atoms with van der Waals surface area (Å²) in [6, 6.07) is 5.19. The van der Waals surface area contributed by atoms with Crippen molar-refractivity contribution in [2.45, 2.75) is 13.0 Å². The van der Waals surface area contributed by atoms with Crippen LogP contribution in [-0.4, -0.2) is 26.5 Å². The highest BCUT2D eigenvalue weighted by Gasteiger charge is 2.20. The Kier molecular flexibility index (Phi) is 4.14. The fourth-order valence-corrected chi connectivity index (χ4v) is 1.93. The molecular weight excluding hydrogens is 260 g/mol. The van der Waals surface area contributed by atoms with Crippen LogP contribution in [-0.2, 0) is 0 Å². The van der Waals surface area contributed by atoms with Gasteiger partial charge < -0.3 is 24.5 Å². The van der Waals surface area contributed by atoms with Gasteiger partial charge in [0.2, 0.25) is 5.75 Å². The average molecular weight is 278 g/mol. The van der Waals surface area contributed by atoms with E-state index < -0.39 is 0 Å². The summed E-state index contributed by atoms with van der Waals surface area (Å²) in [6.45, 7) is 1.83. The van der Waals surface area contributed by atoms with Crippen LogP contribution in [0.5, 0.6) is 17.2 Å². The number of ether oxygens (including phenoxy) is 3. The topological polar surface area (TPSA) is 79.7 Å². The standard InChI is InChI=1S/C14H18N2O4/c1-8(15)12-7-10(16-20-12)9-5-6-11(17-2)14(19-4)13(9)18-3/h5-8H,15H2,1-4H3. The molecule has 0 radical (unpaired) electrons. The molecule has 20 heavy (non-hydrogen) atoms. The van der Waals surface area contributed by atoms with Crippen molar-refractivity contribution in [3.05, 3.63) is 24.0 Å². The summed E-state index contributed by atoms with van der Waals surface area (Å²) in [5, 5.41) is 4.02. The van der Waals surface area contributed by atoms with Gasteiger partial charge in [-0.05, 0) is 19.1 Å². The van der Waals surface area contributed by atoms with Crippen molar-refractivity contribution < 1.29 is 18.7 Å². The molecular formula is C14H18N2O4. The van der Waals surface area contributed by atoms with Crippen LogP contribution < -0.4 is 19.9 Å². The SMILES string of the molecule is COc1ccc(-c2cc(C(C)N)on2)c(OC)c1OC. The van der Waals surface area contributed by atoms with Gasteiger partial charge in [-0.3, -0.25) is 0 Å². The van der Waals surface area contributed by atoms with Gasteiger partial charge in [-0.2, -0.15) is 0 Å². The fraction of sp³-hybridized carbons (Fsp3) is 0.357. The third-order valence-electron chi connectivity index (χ3n) is 2.96. The molecule has 2 N–H and O–H groups in total. The first-order valence-electron chi connectivity index (χ1n) is 6.13. The smallest absolute Gasteiger partial charge is 0.203 e. The number of methoxy groups -OCH3 is 3. The minimum absolute atomic E-state index is 0.220. The lowest BCUT2D eigenvalue weighted by atomic mass is 10.1. The number of nitrogens with zero attached hydrogens (tertiary/aromatic N) is 1. The van der Waals surface area contributed by atoms with Crippen LogP contribution in [0, 0.1) is 0 Å². The van der Waals surface area contributed by atoms with E-state index in [0.717, 1.165) is 5.56 Å². The van der Waals surface area contributed by atoms with E-state index in [2.05, 4.69) is 5.16 Å². The lowest BCUT2D eigenvalue weighted by molar-refractivity contribution is 0.325. The van der Waals surface area contributed by atoms with Crippen LogP contribution >= 0.6 is 0 Å². The van der Waals surface area contributed by atoms with Crippen LogP contribution in [0.1, 0.15) is 18.7 Å². The van der Waals surface area contributed by atoms with E-state index in [1.54, 1.807) is 33.5 Å². The first kappa shape index (κ1) is 14.2. The molecule has 0 bridgehead atoms. The molecule has 6 heteroatoms. The molecule has 0 aliphatic rings. The monoisotopic (exact) mass is 278 g/mol. The molecule has 1 aromatic carbocycles. The van der Waals surface area contributed by atoms with Crippen molar-refractivity contribution in [2.75, 3.05) is 21.3 Å². The second-order valence-electron chi connectivity index (χ2n) is 4.29. The van der Waals surface area contributed by atoms with Gasteiger partial charge in [0.05, 0.1) is 27.4 Å². The van der Waals surface area contributed by atoms with Gasteiger partial charge in [-0.15, -0.1) is 0 Å². The second-order valence-corrected chi connectivity index (χ2v) is 4.29. The van der Waals surface area contributed by atoms with Crippen molar-refractivity contribution >= 4 is 0 Å². The Labute approximate surface area is 117 Å². The van der Waals surface area contributed by atoms with Crippen LogP contribution in [0.3, 0.4) is 0 Å². The van der Waals surface area contributed by atoms with E-state index >= 15 is 0 Å². The highest BCUT2D eigenvalue weighted by atomic mass is 16.5. The summed E-state index contributed by atoms with van der Waals surface area (Å²) in [5.41, 5.74) is 7.15. The third kappa shape index (κ3) is 2.42. The zero-order chi connectivity index (χ0) is 14.7. The van der Waals surface area contributed by atoms with Crippen molar-refractivity contribution in [3.63, 3.8) is 0 Å². The highest BCUT2D eigenvalue weighted by Crippen LogP contribution is 2.44. The molecule has 0 fully saturated rings. The first-order chi connectivity index (χ1) is 9.62. The molecule has 0 aliphatic heterocycles. The number of benzene rings is 1. The van der Waals surface area contributed by atoms with Crippen LogP contribution in [0.2, 0.25) is 0 Å². The van der Waals surface area contributed by atoms with Gasteiger partial charge >= 0.3 is 0 Å². The Bertz CT molecular complexity index is 593. The van der Waals surface area contributed by atoms with Gasteiger partial charge in [0, 0.05) is 11.6 Å². The molecule has 1 unspecified atom stereocenters. The molecule has 6 nitrogen and oxygen atoms in total. The Morgan fingerprint density at radius 3 is 2.30 bits per heavy atom. The highest BCUT2D eigenvalue weighted by molar-refractivity contribution is 5.74. The zero-order valence-corrected chi connectivity index (χ0v) is 12.0. The summed E-state index contributed by atoms with van der Waals surface area (Å²) in [5.74, 6) is 2.25. The lowest BCUT2D eigenvalue weighted by Crippen LogP contribution is -2.02. The summed E-state index contributed by atoms with van der Waals surface area (Å²) in [4.78, 5) is 0. The number of rotatable bonds is 5. The maximum Gasteiger partial charge on any atom is 0.203 e. The van der Waals surface area contributed by atoms with E-state index in [1.807, 2.05) is 13.0 Å². The van der Waals surface area contributed by atoms with Crippen LogP contribution in [0.15, 0.2) is 22.7 Å². The molecule has 2 aromatic rings. The summed E-state index contributed by atoms with van der Waals surface area (Å²) in [6.07, 6.45) is 0. The molecule has 1 heterocycles. The van der Waals surface area contributed by atoms with Crippen molar-refractivity contribution in [2.24, 2.45) is 5.73 Å². The minimum atomic E-state index is -0.220. The van der Waals surface area contributed by atoms with Gasteiger partial charge in [-0.25, -0.2) is 0 Å². The van der Waals surface area contributed by atoms with E-state index in [0.29, 0.717) is 28.7 Å². The fourth-order valence-electron chi connectivity index (χ4n) is 1.93. The summed E-state index contributed by atoms with van der Waals surface area (Å²) >= 11 is 0. The predicted octanol–water partition coefficient (Wildman–Crippen LogP) is 2.39. The Hall–Kier alpha value is -2.21. The molecule has 108 valence electrons. The molecule has 2 rings (SSSR count). The number of hydrogen-bond donors (Lipinski definition) is 1. The molecule has 0 amide bonds. The third-order valence-corrected chi connectivity index (χ3v) is 2.96. The Balaban J connectivity index is 2.55. The normalized spacial score (nSPS) is 12.1. The molecule has 0 spiro atoms. The van der Waals surface area contributed by atoms with Crippen LogP contribution in [0.25, 0.3) is 11.3 Å². The largest absolute Gasteiger partial charge is 0.493 e. The Morgan fingerprint density at radius 2 is 1.80 bits per heavy atom. The van der Waals surface area contributed by atoms with E-state index in [4.69, 9.17) is 24.5 Å². The van der Waals surface area contributed by atoms with Crippen molar-refractivity contribution in [1.82, 2.24) is 5.16 Å². The zero-order valence-electron chi connectivity index (χ0n) is 12.0. The van der Waals surface area contributed by atoms with Gasteiger partial charge in [0.25, 0.3) is 0 Å². The molecule has 1 aromatic heterocycles. The van der Waals surface area contributed by atoms with Crippen molar-refractivity contribution in [3.8, 4) is 28.5 Å². The van der Waals surface area contributed by atoms with Gasteiger partial charge in [0.1, 0.15) is 5.69 Å². The Morgan fingerprint density at radius 1 is 1.10 bits per heavy atom. The molecule has 1 atom stereocenters. The van der Waals surface area contributed by atoms with Gasteiger partial charge in [-0.1, -0.05) is 5.16 Å². The maximum absolute atomic E-state index is 5.77. The second kappa shape index (κ2) is 5.83. The number of hydrogen-bond acceptors (Lipinski definition) is 6. The van der Waals surface area contributed by atoms with Gasteiger partial charge in [0.15, 0.2) is 17.3 Å². The number of nitrogens with two attached hydrogens (primary N) is 1. The van der Waals surface area contributed by atoms with E-state index in [1.165, 1.54) is 0 Å².